The molecule has 3 aliphatic rings. The standard InChI is InChI=1S/C47H63N3O7/c1-47(2,3)49-45(55)41-26-25-35-12-8-9-14-40(35)50(41)30-39-28-42(36-19-17-32(31-51)18-20-36)57-46(56-39)37-23-21-34(22-24-37)38-13-10-11-33(27-38)29-48-43(52)15-6-4-5-7-16-44(53)54/h10-11,13,17-24,27,35,39-42,46,51H,4-9,12,14-16,25-26,28-31H2,1-3H3,(H,48,52)(H,49,55)(H,53,54)/t35-,39+,40-,41-,42-,46-/m1/s1. The maximum Gasteiger partial charge on any atom is 0.303 e. The molecule has 2 amide bonds. The first-order valence-electron chi connectivity index (χ1n) is 21.2. The third-order valence-corrected chi connectivity index (χ3v) is 11.8. The Bertz CT molecular complexity index is 1770. The van der Waals surface area contributed by atoms with Gasteiger partial charge in [-0.1, -0.05) is 92.4 Å². The van der Waals surface area contributed by atoms with Gasteiger partial charge in [0.2, 0.25) is 11.8 Å². The van der Waals surface area contributed by atoms with Crippen molar-refractivity contribution in [3.8, 4) is 11.1 Å². The van der Waals surface area contributed by atoms with Gasteiger partial charge < -0.3 is 30.3 Å². The molecule has 0 unspecified atom stereocenters. The lowest BCUT2D eigenvalue weighted by atomic mass is 9.75. The van der Waals surface area contributed by atoms with E-state index in [1.807, 2.05) is 57.2 Å². The lowest BCUT2D eigenvalue weighted by Gasteiger charge is -2.50. The van der Waals surface area contributed by atoms with E-state index in [1.54, 1.807) is 0 Å². The lowest BCUT2D eigenvalue weighted by Crippen LogP contribution is -2.61. The number of aliphatic carboxylic acids is 1. The molecular weight excluding hydrogens is 719 g/mol. The summed E-state index contributed by atoms with van der Waals surface area (Å²) in [5, 5.41) is 24.8. The van der Waals surface area contributed by atoms with Crippen molar-refractivity contribution in [3.63, 3.8) is 0 Å². The van der Waals surface area contributed by atoms with Crippen LogP contribution in [0.2, 0.25) is 0 Å². The van der Waals surface area contributed by atoms with Crippen LogP contribution < -0.4 is 10.6 Å². The number of likely N-dealkylation sites (tertiary alicyclic amines) is 1. The van der Waals surface area contributed by atoms with Gasteiger partial charge >= 0.3 is 5.97 Å². The van der Waals surface area contributed by atoms with Gasteiger partial charge in [0.05, 0.1) is 24.9 Å². The normalized spacial score (nSPS) is 24.0. The number of nitrogens with one attached hydrogen (secondary N) is 2. The van der Waals surface area contributed by atoms with Crippen molar-refractivity contribution in [1.29, 1.82) is 0 Å². The van der Waals surface area contributed by atoms with Gasteiger partial charge in [-0.25, -0.2) is 0 Å². The number of carbonyl (C=O) groups is 3. The molecule has 10 nitrogen and oxygen atoms in total. The van der Waals surface area contributed by atoms with Crippen molar-refractivity contribution in [1.82, 2.24) is 15.5 Å². The summed E-state index contributed by atoms with van der Waals surface area (Å²) in [5.74, 6) is -0.0687. The number of hydrogen-bond acceptors (Lipinski definition) is 7. The summed E-state index contributed by atoms with van der Waals surface area (Å²) >= 11 is 0. The SMILES string of the molecule is CC(C)(C)NC(=O)[C@H]1CC[C@H]2CCCC[C@H]2N1C[C@@H]1C[C@H](c2ccc(CO)cc2)O[C@H](c2ccc(-c3cccc(CNC(=O)CCCCCCC(=O)O)c3)cc2)O1. The first-order chi connectivity index (χ1) is 27.5. The average Bonchev–Trinajstić information content (AvgIpc) is 3.20. The number of carbonyl (C=O) groups excluding carboxylic acids is 2. The number of amides is 2. The summed E-state index contributed by atoms with van der Waals surface area (Å²) in [6, 6.07) is 24.6. The van der Waals surface area contributed by atoms with Crippen molar-refractivity contribution in [2.24, 2.45) is 5.92 Å². The van der Waals surface area contributed by atoms with E-state index in [1.165, 1.54) is 19.3 Å². The Kier molecular flexibility index (Phi) is 15.0. The maximum atomic E-state index is 13.8. The predicted molar refractivity (Wildman–Crippen MR) is 221 cm³/mol. The molecule has 10 heteroatoms. The summed E-state index contributed by atoms with van der Waals surface area (Å²) in [7, 11) is 0. The molecule has 3 aromatic carbocycles. The Labute approximate surface area is 338 Å². The summed E-state index contributed by atoms with van der Waals surface area (Å²) < 4.78 is 13.6. The fourth-order valence-electron chi connectivity index (χ4n) is 8.89. The highest BCUT2D eigenvalue weighted by atomic mass is 16.7. The van der Waals surface area contributed by atoms with E-state index in [0.29, 0.717) is 44.3 Å². The second kappa shape index (κ2) is 20.1. The molecule has 1 aliphatic carbocycles. The summed E-state index contributed by atoms with van der Waals surface area (Å²) in [4.78, 5) is 39.5. The fourth-order valence-corrected chi connectivity index (χ4v) is 8.89. The number of piperidine rings is 1. The largest absolute Gasteiger partial charge is 0.481 e. The van der Waals surface area contributed by atoms with Gasteiger partial charge in [-0.3, -0.25) is 19.3 Å². The number of unbranched alkanes of at least 4 members (excludes halogenated alkanes) is 3. The van der Waals surface area contributed by atoms with E-state index in [4.69, 9.17) is 14.6 Å². The predicted octanol–water partition coefficient (Wildman–Crippen LogP) is 8.37. The third kappa shape index (κ3) is 12.2. The van der Waals surface area contributed by atoms with Crippen molar-refractivity contribution in [2.75, 3.05) is 6.54 Å². The van der Waals surface area contributed by atoms with Gasteiger partial charge in [0, 0.05) is 49.5 Å². The van der Waals surface area contributed by atoms with Crippen molar-refractivity contribution >= 4 is 17.8 Å². The number of ether oxygens (including phenoxy) is 2. The lowest BCUT2D eigenvalue weighted by molar-refractivity contribution is -0.255. The minimum atomic E-state index is -0.776. The number of nitrogens with zero attached hydrogens (tertiary/aromatic N) is 1. The molecule has 3 fully saturated rings. The molecule has 4 N–H and O–H groups in total. The Morgan fingerprint density at radius 2 is 1.51 bits per heavy atom. The molecular formula is C47H63N3O7. The number of carboxylic acids is 1. The smallest absolute Gasteiger partial charge is 0.303 e. The Morgan fingerprint density at radius 1 is 0.789 bits per heavy atom. The summed E-state index contributed by atoms with van der Waals surface area (Å²) in [6.07, 6.45) is 10.0. The zero-order chi connectivity index (χ0) is 40.4. The highest BCUT2D eigenvalue weighted by Gasteiger charge is 2.44. The zero-order valence-corrected chi connectivity index (χ0v) is 34.1. The van der Waals surface area contributed by atoms with Crippen LogP contribution in [0.5, 0.6) is 0 Å². The molecule has 6 atom stereocenters. The topological polar surface area (TPSA) is 137 Å². The second-order valence-corrected chi connectivity index (χ2v) is 17.4. The minimum Gasteiger partial charge on any atom is -0.481 e. The molecule has 0 spiro atoms. The number of carboxylic acid groups (broad SMARTS) is 1. The van der Waals surface area contributed by atoms with E-state index >= 15 is 0 Å². The highest BCUT2D eigenvalue weighted by molar-refractivity contribution is 5.82. The molecule has 57 heavy (non-hydrogen) atoms. The van der Waals surface area contributed by atoms with Crippen LogP contribution in [0.15, 0.2) is 72.8 Å². The van der Waals surface area contributed by atoms with Gasteiger partial charge in [0.1, 0.15) is 0 Å². The van der Waals surface area contributed by atoms with Crippen LogP contribution >= 0.6 is 0 Å². The summed E-state index contributed by atoms with van der Waals surface area (Å²) in [6.45, 7) is 7.21. The first kappa shape index (κ1) is 42.5. The average molecular weight is 782 g/mol. The van der Waals surface area contributed by atoms with Crippen molar-refractivity contribution < 1.29 is 34.1 Å². The number of hydrogen-bond donors (Lipinski definition) is 4. The molecule has 1 saturated carbocycles. The van der Waals surface area contributed by atoms with Crippen LogP contribution in [0.1, 0.15) is 139 Å². The van der Waals surface area contributed by atoms with Crippen LogP contribution in [0.25, 0.3) is 11.1 Å². The second-order valence-electron chi connectivity index (χ2n) is 17.4. The molecule has 3 aromatic rings. The molecule has 2 aliphatic heterocycles. The maximum absolute atomic E-state index is 13.8. The summed E-state index contributed by atoms with van der Waals surface area (Å²) in [5.41, 5.74) is 5.60. The van der Waals surface area contributed by atoms with Gasteiger partial charge in [0.15, 0.2) is 6.29 Å². The van der Waals surface area contributed by atoms with E-state index in [9.17, 15) is 19.5 Å². The van der Waals surface area contributed by atoms with Gasteiger partial charge in [-0.05, 0) is 99.1 Å². The third-order valence-electron chi connectivity index (χ3n) is 11.8. The minimum absolute atomic E-state index is 0.000963. The van der Waals surface area contributed by atoms with Crippen LogP contribution in [0.3, 0.4) is 0 Å². The van der Waals surface area contributed by atoms with Gasteiger partial charge in [-0.2, -0.15) is 0 Å². The van der Waals surface area contributed by atoms with Crippen LogP contribution in [0.4, 0.5) is 0 Å². The molecule has 0 bridgehead atoms. The van der Waals surface area contributed by atoms with E-state index < -0.39 is 12.3 Å². The number of rotatable bonds is 16. The zero-order valence-electron chi connectivity index (χ0n) is 34.1. The number of benzene rings is 3. The Balaban J connectivity index is 1.15. The monoisotopic (exact) mass is 781 g/mol. The molecule has 308 valence electrons. The van der Waals surface area contributed by atoms with Crippen molar-refractivity contribution in [3.05, 3.63) is 95.1 Å². The van der Waals surface area contributed by atoms with E-state index in [0.717, 1.165) is 71.9 Å². The Morgan fingerprint density at radius 3 is 2.23 bits per heavy atom. The van der Waals surface area contributed by atoms with Crippen LogP contribution in [-0.4, -0.2) is 63.2 Å². The first-order valence-corrected chi connectivity index (χ1v) is 21.2. The number of aliphatic hydroxyl groups is 1. The molecule has 2 heterocycles. The van der Waals surface area contributed by atoms with E-state index in [2.05, 4.69) is 51.9 Å². The number of aliphatic hydroxyl groups excluding tert-OH is 1. The van der Waals surface area contributed by atoms with E-state index in [-0.39, 0.29) is 48.6 Å². The van der Waals surface area contributed by atoms with Crippen LogP contribution in [-0.2, 0) is 37.0 Å². The van der Waals surface area contributed by atoms with Gasteiger partial charge in [0.25, 0.3) is 0 Å². The Hall–Kier alpha value is -4.09. The van der Waals surface area contributed by atoms with Gasteiger partial charge in [-0.15, -0.1) is 0 Å². The van der Waals surface area contributed by atoms with Crippen LogP contribution in [0, 0.1) is 5.92 Å². The fraction of sp³-hybridized carbons (Fsp3) is 0.553. The molecule has 0 aromatic heterocycles. The molecule has 2 saturated heterocycles. The van der Waals surface area contributed by atoms with Crippen molar-refractivity contribution in [2.45, 2.75) is 154 Å². The highest BCUT2D eigenvalue weighted by Crippen LogP contribution is 2.42. The molecule has 0 radical (unpaired) electrons. The quantitative estimate of drug-likeness (QED) is 0.107. The molecule has 6 rings (SSSR count). The number of fused-ring (bicyclic) bond motifs is 1.